The molecule has 1 aliphatic rings. The Morgan fingerprint density at radius 3 is 1.97 bits per heavy atom. The van der Waals surface area contributed by atoms with E-state index >= 15 is 0 Å². The summed E-state index contributed by atoms with van der Waals surface area (Å²) in [6, 6.07) is 29.1. The van der Waals surface area contributed by atoms with Crippen molar-refractivity contribution in [1.29, 1.82) is 0 Å². The molecule has 7 rings (SSSR count). The Kier molecular flexibility index (Phi) is 3.79. The van der Waals surface area contributed by atoms with Gasteiger partial charge in [0.05, 0.1) is 16.6 Å². The van der Waals surface area contributed by atoms with Crippen LogP contribution in [0, 0.1) is 5.41 Å². The zero-order chi connectivity index (χ0) is 24.3. The van der Waals surface area contributed by atoms with Crippen LogP contribution in [0.25, 0.3) is 49.3 Å². The fourth-order valence-electron chi connectivity index (χ4n) is 6.80. The molecule has 0 saturated carbocycles. The molecule has 0 fully saturated rings. The molecule has 1 N–H and O–H groups in total. The van der Waals surface area contributed by atoms with Crippen molar-refractivity contribution in [2.45, 2.75) is 52.4 Å². The second-order valence-electron chi connectivity index (χ2n) is 12.0. The summed E-state index contributed by atoms with van der Waals surface area (Å²) in [7, 11) is 0. The van der Waals surface area contributed by atoms with Gasteiger partial charge in [-0.1, -0.05) is 90.1 Å². The molecule has 2 aromatic heterocycles. The van der Waals surface area contributed by atoms with E-state index in [4.69, 9.17) is 0 Å². The molecule has 2 nitrogen and oxygen atoms in total. The highest BCUT2D eigenvalue weighted by molar-refractivity contribution is 6.22. The minimum absolute atomic E-state index is 0.0889. The van der Waals surface area contributed by atoms with Crippen molar-refractivity contribution in [3.63, 3.8) is 0 Å². The van der Waals surface area contributed by atoms with Crippen LogP contribution in [0.2, 0.25) is 0 Å². The van der Waals surface area contributed by atoms with E-state index in [1.165, 1.54) is 60.4 Å². The third-order valence-corrected chi connectivity index (χ3v) is 10.0. The molecule has 2 heteroatoms. The third-order valence-electron chi connectivity index (χ3n) is 10.0. The second-order valence-corrected chi connectivity index (χ2v) is 12.0. The van der Waals surface area contributed by atoms with Crippen molar-refractivity contribution >= 4 is 43.6 Å². The monoisotopic (exact) mass is 456 g/mol. The second kappa shape index (κ2) is 6.37. The van der Waals surface area contributed by atoms with E-state index in [-0.39, 0.29) is 16.2 Å². The van der Waals surface area contributed by atoms with Crippen LogP contribution in [0.15, 0.2) is 78.9 Å². The number of nitrogens with zero attached hydrogens (tertiary/aromatic N) is 1. The molecule has 0 unspecified atom stereocenters. The van der Waals surface area contributed by atoms with Crippen molar-refractivity contribution in [2.75, 3.05) is 0 Å². The Hall–Kier alpha value is -3.52. The van der Waals surface area contributed by atoms with Crippen molar-refractivity contribution in [1.82, 2.24) is 9.55 Å². The molecule has 0 amide bonds. The molecular formula is C33H32N2. The van der Waals surface area contributed by atoms with Crippen LogP contribution in [0.3, 0.4) is 0 Å². The fraction of sp³-hybridized carbons (Fsp3) is 0.273. The summed E-state index contributed by atoms with van der Waals surface area (Å²) >= 11 is 0. The molecule has 2 heterocycles. The summed E-state index contributed by atoms with van der Waals surface area (Å²) in [5.41, 5.74) is 9.44. The van der Waals surface area contributed by atoms with E-state index in [0.717, 1.165) is 0 Å². The summed E-state index contributed by atoms with van der Waals surface area (Å²) < 4.78 is 2.42. The molecule has 1 aliphatic carbocycles. The molecular weight excluding hydrogens is 424 g/mol. The number of fused-ring (bicyclic) bond motifs is 8. The van der Waals surface area contributed by atoms with E-state index < -0.39 is 0 Å². The maximum atomic E-state index is 3.89. The molecule has 35 heavy (non-hydrogen) atoms. The van der Waals surface area contributed by atoms with Crippen molar-refractivity contribution in [3.05, 3.63) is 90.0 Å². The minimum Gasteiger partial charge on any atom is -0.353 e. The lowest BCUT2D eigenvalue weighted by molar-refractivity contribution is 0.125. The predicted molar refractivity (Wildman–Crippen MR) is 150 cm³/mol. The molecule has 6 aromatic rings. The van der Waals surface area contributed by atoms with Gasteiger partial charge in [0.1, 0.15) is 0 Å². The summed E-state index contributed by atoms with van der Waals surface area (Å²) in [5, 5.41) is 5.21. The lowest BCUT2D eigenvalue weighted by Crippen LogP contribution is -2.42. The highest BCUT2D eigenvalue weighted by Crippen LogP contribution is 2.62. The summed E-state index contributed by atoms with van der Waals surface area (Å²) in [6.07, 6.45) is 0. The van der Waals surface area contributed by atoms with E-state index in [1.807, 2.05) is 0 Å². The normalized spacial score (nSPS) is 18.1. The van der Waals surface area contributed by atoms with Crippen molar-refractivity contribution in [2.24, 2.45) is 5.41 Å². The average Bonchev–Trinajstić information content (AvgIpc) is 3.41. The number of H-pyrrole nitrogens is 1. The zero-order valence-electron chi connectivity index (χ0n) is 21.5. The molecule has 0 bridgehead atoms. The smallest absolute Gasteiger partial charge is 0.0783 e. The molecule has 174 valence electrons. The first-order valence-electron chi connectivity index (χ1n) is 12.7. The minimum atomic E-state index is 0.0889. The maximum Gasteiger partial charge on any atom is 0.0783 e. The van der Waals surface area contributed by atoms with Crippen LogP contribution in [0.1, 0.15) is 52.7 Å². The van der Waals surface area contributed by atoms with Gasteiger partial charge in [0.25, 0.3) is 0 Å². The Bertz CT molecular complexity index is 1810. The van der Waals surface area contributed by atoms with Gasteiger partial charge in [0, 0.05) is 32.7 Å². The van der Waals surface area contributed by atoms with Gasteiger partial charge < -0.3 is 9.55 Å². The Morgan fingerprint density at radius 1 is 0.600 bits per heavy atom. The van der Waals surface area contributed by atoms with Gasteiger partial charge in [-0.05, 0) is 57.7 Å². The highest BCUT2D eigenvalue weighted by atomic mass is 15.0. The Balaban J connectivity index is 1.64. The van der Waals surface area contributed by atoms with Crippen molar-refractivity contribution < 1.29 is 0 Å². The summed E-state index contributed by atoms with van der Waals surface area (Å²) in [5.74, 6) is 0. The van der Waals surface area contributed by atoms with E-state index in [0.29, 0.717) is 0 Å². The van der Waals surface area contributed by atoms with Gasteiger partial charge >= 0.3 is 0 Å². The van der Waals surface area contributed by atoms with Gasteiger partial charge in [-0.3, -0.25) is 0 Å². The first-order valence-corrected chi connectivity index (χ1v) is 12.7. The SMILES string of the molecule is CC1(C)c2cc3[nH]c4c(ccc5c6ccccc6n(-c6ccccc6)c54)c3cc2C(C)(C)C1(C)C. The molecule has 0 saturated heterocycles. The quantitative estimate of drug-likeness (QED) is 0.255. The predicted octanol–water partition coefficient (Wildman–Crippen LogP) is 9.01. The van der Waals surface area contributed by atoms with Crippen LogP contribution in [0.5, 0.6) is 0 Å². The largest absolute Gasteiger partial charge is 0.353 e. The molecule has 0 aliphatic heterocycles. The third kappa shape index (κ3) is 2.35. The lowest BCUT2D eigenvalue weighted by atomic mass is 9.59. The first-order chi connectivity index (χ1) is 16.6. The van der Waals surface area contributed by atoms with E-state index in [2.05, 4.69) is 130 Å². The maximum absolute atomic E-state index is 3.89. The number of aromatic nitrogens is 2. The first kappa shape index (κ1) is 20.8. The number of para-hydroxylation sites is 2. The fourth-order valence-corrected chi connectivity index (χ4v) is 6.80. The standard InChI is InChI=1S/C33H32N2/c1-31(2)25-18-24-22-16-17-23-21-14-10-11-15-28(21)35(20-12-8-7-9-13-20)30(23)29(22)34-27(24)19-26(25)32(3,4)33(31,5)6/h7-19,34H,1-6H3. The number of hydrogen-bond donors (Lipinski definition) is 1. The molecule has 0 spiro atoms. The van der Waals surface area contributed by atoms with Gasteiger partial charge in [-0.15, -0.1) is 0 Å². The molecule has 0 atom stereocenters. The average molecular weight is 457 g/mol. The van der Waals surface area contributed by atoms with Crippen LogP contribution in [-0.2, 0) is 10.8 Å². The van der Waals surface area contributed by atoms with Gasteiger partial charge in [0.15, 0.2) is 0 Å². The zero-order valence-corrected chi connectivity index (χ0v) is 21.5. The number of hydrogen-bond acceptors (Lipinski definition) is 0. The van der Waals surface area contributed by atoms with Gasteiger partial charge in [-0.2, -0.15) is 0 Å². The lowest BCUT2D eigenvalue weighted by Gasteiger charge is -2.44. The number of nitrogens with one attached hydrogen (secondary N) is 1. The molecule has 0 radical (unpaired) electrons. The van der Waals surface area contributed by atoms with Gasteiger partial charge in [0.2, 0.25) is 0 Å². The Morgan fingerprint density at radius 2 is 1.23 bits per heavy atom. The molecule has 4 aromatic carbocycles. The summed E-state index contributed by atoms with van der Waals surface area (Å²) in [4.78, 5) is 3.89. The Labute approximate surface area is 206 Å². The topological polar surface area (TPSA) is 20.7 Å². The van der Waals surface area contributed by atoms with Crippen LogP contribution < -0.4 is 0 Å². The van der Waals surface area contributed by atoms with Crippen molar-refractivity contribution in [3.8, 4) is 5.69 Å². The van der Waals surface area contributed by atoms with Gasteiger partial charge in [-0.25, -0.2) is 0 Å². The summed E-state index contributed by atoms with van der Waals surface area (Å²) in [6.45, 7) is 14.5. The van der Waals surface area contributed by atoms with Crippen LogP contribution in [-0.4, -0.2) is 9.55 Å². The van der Waals surface area contributed by atoms with E-state index in [9.17, 15) is 0 Å². The number of aromatic amines is 1. The van der Waals surface area contributed by atoms with E-state index in [1.54, 1.807) is 0 Å². The highest BCUT2D eigenvalue weighted by Gasteiger charge is 2.56. The van der Waals surface area contributed by atoms with Crippen LogP contribution >= 0.6 is 0 Å². The number of benzene rings is 4. The number of rotatable bonds is 1. The van der Waals surface area contributed by atoms with Crippen LogP contribution in [0.4, 0.5) is 0 Å².